The third kappa shape index (κ3) is 4.75. The first kappa shape index (κ1) is 21.3. The van der Waals surface area contributed by atoms with Crippen molar-refractivity contribution in [1.82, 2.24) is 0 Å². The lowest BCUT2D eigenvalue weighted by Gasteiger charge is -2.13. The average Bonchev–Trinajstić information content (AvgIpc) is 2.70. The Labute approximate surface area is 180 Å². The second-order valence-electron chi connectivity index (χ2n) is 6.09. The van der Waals surface area contributed by atoms with Crippen molar-refractivity contribution in [1.29, 1.82) is 0 Å². The van der Waals surface area contributed by atoms with Crippen molar-refractivity contribution in [3.8, 4) is 0 Å². The Morgan fingerprint density at radius 3 is 2.33 bits per heavy atom. The van der Waals surface area contributed by atoms with E-state index in [9.17, 15) is 23.3 Å². The van der Waals surface area contributed by atoms with Crippen LogP contribution in [0.3, 0.4) is 0 Å². The van der Waals surface area contributed by atoms with Gasteiger partial charge in [-0.2, -0.15) is 0 Å². The molecule has 0 aliphatic heterocycles. The minimum atomic E-state index is -3.95. The molecule has 0 atom stereocenters. The van der Waals surface area contributed by atoms with Crippen molar-refractivity contribution in [3.63, 3.8) is 0 Å². The van der Waals surface area contributed by atoms with Gasteiger partial charge in [-0.25, -0.2) is 8.42 Å². The van der Waals surface area contributed by atoms with E-state index in [4.69, 9.17) is 5.73 Å². The number of carbonyl (C=O) groups excluding carboxylic acids is 1. The second-order valence-corrected chi connectivity index (χ2v) is 8.69. The van der Waals surface area contributed by atoms with Crippen LogP contribution in [0.4, 0.5) is 22.7 Å². The molecule has 3 aromatic carbocycles. The fraction of sp³-hybridized carbons (Fsp3) is 0. The predicted molar refractivity (Wildman–Crippen MR) is 117 cm³/mol. The number of anilines is 3. The van der Waals surface area contributed by atoms with Gasteiger partial charge < -0.3 is 11.1 Å². The van der Waals surface area contributed by atoms with Crippen LogP contribution in [0.1, 0.15) is 10.4 Å². The van der Waals surface area contributed by atoms with Gasteiger partial charge in [-0.1, -0.05) is 28.1 Å². The van der Waals surface area contributed by atoms with Crippen LogP contribution in [0.2, 0.25) is 0 Å². The Hall–Kier alpha value is -3.44. The fourth-order valence-electron chi connectivity index (χ4n) is 2.54. The summed E-state index contributed by atoms with van der Waals surface area (Å²) in [7, 11) is -3.95. The van der Waals surface area contributed by atoms with E-state index in [0.717, 1.165) is 10.5 Å². The van der Waals surface area contributed by atoms with E-state index in [0.29, 0.717) is 0 Å². The molecule has 0 spiro atoms. The quantitative estimate of drug-likeness (QED) is 0.270. The van der Waals surface area contributed by atoms with Crippen LogP contribution >= 0.6 is 15.9 Å². The summed E-state index contributed by atoms with van der Waals surface area (Å²) in [5.41, 5.74) is 5.77. The molecule has 0 fully saturated rings. The topological polar surface area (TPSA) is 144 Å². The van der Waals surface area contributed by atoms with Crippen molar-refractivity contribution in [2.75, 3.05) is 15.8 Å². The highest BCUT2D eigenvalue weighted by atomic mass is 79.9. The molecule has 3 aromatic rings. The molecule has 4 N–H and O–H groups in total. The molecule has 9 nitrogen and oxygen atoms in total. The van der Waals surface area contributed by atoms with Crippen LogP contribution in [0.15, 0.2) is 76.1 Å². The smallest absolute Gasteiger partial charge is 0.271 e. The van der Waals surface area contributed by atoms with Gasteiger partial charge in [0.1, 0.15) is 0 Å². The molecule has 154 valence electrons. The molecule has 0 heterocycles. The number of nitrogen functional groups attached to an aromatic ring is 1. The Morgan fingerprint density at radius 2 is 1.67 bits per heavy atom. The molecule has 0 unspecified atom stereocenters. The van der Waals surface area contributed by atoms with E-state index in [1.165, 1.54) is 36.4 Å². The highest BCUT2D eigenvalue weighted by Crippen LogP contribution is 2.27. The number of para-hydroxylation sites is 1. The van der Waals surface area contributed by atoms with E-state index in [-0.39, 0.29) is 33.2 Å². The molecular weight excluding hydrogens is 476 g/mol. The summed E-state index contributed by atoms with van der Waals surface area (Å²) in [6.07, 6.45) is 0. The first-order valence-electron chi connectivity index (χ1n) is 8.40. The molecule has 0 bridgehead atoms. The van der Waals surface area contributed by atoms with Crippen molar-refractivity contribution in [2.24, 2.45) is 0 Å². The minimum Gasteiger partial charge on any atom is -0.397 e. The molecule has 3 rings (SSSR count). The maximum Gasteiger partial charge on any atom is 0.271 e. The second kappa shape index (κ2) is 8.51. The van der Waals surface area contributed by atoms with E-state index in [2.05, 4.69) is 26.0 Å². The largest absolute Gasteiger partial charge is 0.397 e. The van der Waals surface area contributed by atoms with Gasteiger partial charge in [-0.3, -0.25) is 19.6 Å². The summed E-state index contributed by atoms with van der Waals surface area (Å²) in [6.45, 7) is 0. The number of amides is 1. The van der Waals surface area contributed by atoms with Crippen molar-refractivity contribution >= 4 is 54.6 Å². The van der Waals surface area contributed by atoms with E-state index in [1.54, 1.807) is 24.3 Å². The molecule has 0 aliphatic rings. The summed E-state index contributed by atoms with van der Waals surface area (Å²) in [5, 5.41) is 13.4. The lowest BCUT2D eigenvalue weighted by molar-refractivity contribution is -0.384. The number of rotatable bonds is 6. The van der Waals surface area contributed by atoms with Crippen LogP contribution < -0.4 is 15.8 Å². The Morgan fingerprint density at radius 1 is 1.00 bits per heavy atom. The maximum atomic E-state index is 12.8. The number of benzene rings is 3. The third-order valence-electron chi connectivity index (χ3n) is 4.04. The van der Waals surface area contributed by atoms with Crippen molar-refractivity contribution in [2.45, 2.75) is 4.90 Å². The summed E-state index contributed by atoms with van der Waals surface area (Å²) in [4.78, 5) is 23.1. The number of hydrogen-bond acceptors (Lipinski definition) is 6. The van der Waals surface area contributed by atoms with Crippen LogP contribution in [0, 0.1) is 10.1 Å². The maximum absolute atomic E-state index is 12.8. The molecule has 0 aromatic heterocycles. The number of non-ortho nitro benzene ring substituents is 1. The molecule has 0 saturated carbocycles. The summed E-state index contributed by atoms with van der Waals surface area (Å²) in [5.74, 6) is -0.684. The van der Waals surface area contributed by atoms with E-state index >= 15 is 0 Å². The number of carbonyl (C=O) groups is 1. The molecule has 0 saturated heterocycles. The van der Waals surface area contributed by atoms with Gasteiger partial charge in [0.2, 0.25) is 0 Å². The molecule has 30 heavy (non-hydrogen) atoms. The monoisotopic (exact) mass is 490 g/mol. The number of nitro groups is 1. The number of nitrogens with one attached hydrogen (secondary N) is 2. The fourth-order valence-corrected chi connectivity index (χ4v) is 3.89. The zero-order valence-electron chi connectivity index (χ0n) is 15.2. The average molecular weight is 491 g/mol. The summed E-state index contributed by atoms with van der Waals surface area (Å²) in [6, 6.07) is 15.6. The van der Waals surface area contributed by atoms with Gasteiger partial charge in [-0.15, -0.1) is 0 Å². The van der Waals surface area contributed by atoms with Crippen molar-refractivity contribution in [3.05, 3.63) is 86.9 Å². The molecule has 0 aliphatic carbocycles. The number of nitrogens with zero attached hydrogens (tertiary/aromatic N) is 1. The van der Waals surface area contributed by atoms with Crippen LogP contribution in [-0.2, 0) is 10.0 Å². The Kier molecular flexibility index (Phi) is 6.04. The highest BCUT2D eigenvalue weighted by molar-refractivity contribution is 9.10. The van der Waals surface area contributed by atoms with E-state index < -0.39 is 20.9 Å². The van der Waals surface area contributed by atoms with Crippen molar-refractivity contribution < 1.29 is 18.1 Å². The summed E-state index contributed by atoms with van der Waals surface area (Å²) < 4.78 is 28.4. The molecule has 11 heteroatoms. The molecule has 0 radical (unpaired) electrons. The standard InChI is InChI=1S/C19H15BrN4O5S/c20-12-5-8-14(9-6-12)30(28,29)23-17-4-2-1-3-15(17)19(25)22-18-11-13(24(26)27)7-10-16(18)21/h1-11,23H,21H2,(H,22,25). The van der Waals surface area contributed by atoms with Crippen LogP contribution in [0.25, 0.3) is 0 Å². The van der Waals surface area contributed by atoms with Gasteiger partial charge >= 0.3 is 0 Å². The molecular formula is C19H15BrN4O5S. The van der Waals surface area contributed by atoms with E-state index in [1.807, 2.05) is 0 Å². The SMILES string of the molecule is Nc1ccc([N+](=O)[O-])cc1NC(=O)c1ccccc1NS(=O)(=O)c1ccc(Br)cc1. The first-order chi connectivity index (χ1) is 14.2. The zero-order chi connectivity index (χ0) is 21.9. The number of nitro benzene ring substituents is 1. The number of sulfonamides is 1. The summed E-state index contributed by atoms with van der Waals surface area (Å²) >= 11 is 3.24. The first-order valence-corrected chi connectivity index (χ1v) is 10.7. The number of nitrogens with two attached hydrogens (primary N) is 1. The van der Waals surface area contributed by atoms with Gasteiger partial charge in [-0.05, 0) is 42.5 Å². The Bertz CT molecular complexity index is 1230. The normalized spacial score (nSPS) is 11.0. The number of halogens is 1. The van der Waals surface area contributed by atoms with Gasteiger partial charge in [0.05, 0.1) is 32.4 Å². The lowest BCUT2D eigenvalue weighted by atomic mass is 10.1. The van der Waals surface area contributed by atoms with Crippen LogP contribution in [-0.4, -0.2) is 19.2 Å². The third-order valence-corrected chi connectivity index (χ3v) is 5.95. The Balaban J connectivity index is 1.90. The van der Waals surface area contributed by atoms with Gasteiger partial charge in [0.25, 0.3) is 21.6 Å². The zero-order valence-corrected chi connectivity index (χ0v) is 17.6. The highest BCUT2D eigenvalue weighted by Gasteiger charge is 2.20. The number of hydrogen-bond donors (Lipinski definition) is 3. The van der Waals surface area contributed by atoms with Gasteiger partial charge in [0, 0.05) is 16.6 Å². The van der Waals surface area contributed by atoms with Gasteiger partial charge in [0.15, 0.2) is 0 Å². The predicted octanol–water partition coefficient (Wildman–Crippen LogP) is 3.99. The molecule has 1 amide bonds. The van der Waals surface area contributed by atoms with Crippen LogP contribution in [0.5, 0.6) is 0 Å². The minimum absolute atomic E-state index is 0.0174. The lowest BCUT2D eigenvalue weighted by Crippen LogP contribution is -2.19.